The highest BCUT2D eigenvalue weighted by atomic mass is 35.5. The highest BCUT2D eigenvalue weighted by Gasteiger charge is 2.35. The molecule has 1 fully saturated rings. The van der Waals surface area contributed by atoms with Crippen molar-refractivity contribution < 1.29 is 8.42 Å². The molecule has 5 heteroatoms. The molecule has 1 atom stereocenters. The minimum absolute atomic E-state index is 0.119. The Morgan fingerprint density at radius 3 is 2.35 bits per heavy atom. The van der Waals surface area contributed by atoms with Crippen molar-refractivity contribution in [2.75, 3.05) is 6.54 Å². The van der Waals surface area contributed by atoms with Crippen LogP contribution in [0.25, 0.3) is 6.08 Å². The van der Waals surface area contributed by atoms with Crippen LogP contribution in [-0.4, -0.2) is 19.3 Å². The molecule has 0 saturated carbocycles. The largest absolute Gasteiger partial charge is 0.270 e. The van der Waals surface area contributed by atoms with Crippen molar-refractivity contribution in [2.24, 2.45) is 5.92 Å². The molecule has 2 aromatic carbocycles. The minimum Gasteiger partial charge on any atom is -0.270 e. The fourth-order valence-electron chi connectivity index (χ4n) is 3.04. The summed E-state index contributed by atoms with van der Waals surface area (Å²) in [6, 6.07) is 14.4. The van der Waals surface area contributed by atoms with Gasteiger partial charge in [0.05, 0.1) is 4.90 Å². The molecule has 0 radical (unpaired) electrons. The van der Waals surface area contributed by atoms with Gasteiger partial charge in [0.1, 0.15) is 0 Å². The van der Waals surface area contributed by atoms with Gasteiger partial charge in [0.15, 0.2) is 0 Å². The van der Waals surface area contributed by atoms with Crippen molar-refractivity contribution in [3.63, 3.8) is 0 Å². The van der Waals surface area contributed by atoms with Crippen molar-refractivity contribution in [1.29, 1.82) is 0 Å². The van der Waals surface area contributed by atoms with E-state index in [0.717, 1.165) is 22.4 Å². The van der Waals surface area contributed by atoms with Gasteiger partial charge in [-0.05, 0) is 56.2 Å². The van der Waals surface area contributed by atoms with Gasteiger partial charge in [-0.3, -0.25) is 4.31 Å². The predicted octanol–water partition coefficient (Wildman–Crippen LogP) is 5.28. The molecule has 0 aliphatic carbocycles. The third-order valence-electron chi connectivity index (χ3n) is 4.67. The summed E-state index contributed by atoms with van der Waals surface area (Å²) in [7, 11) is -3.60. The van der Waals surface area contributed by atoms with Gasteiger partial charge in [-0.2, -0.15) is 0 Å². The molecule has 136 valence electrons. The maximum atomic E-state index is 13.2. The van der Waals surface area contributed by atoms with E-state index in [2.05, 4.69) is 6.58 Å². The Morgan fingerprint density at radius 2 is 1.77 bits per heavy atom. The van der Waals surface area contributed by atoms with Crippen molar-refractivity contribution in [2.45, 2.75) is 25.2 Å². The van der Waals surface area contributed by atoms with Crippen LogP contribution in [0.4, 0.5) is 0 Å². The summed E-state index contributed by atoms with van der Waals surface area (Å²) in [5.74, 6) is 0.119. The molecule has 0 aromatic heterocycles. The molecule has 0 bridgehead atoms. The summed E-state index contributed by atoms with van der Waals surface area (Å²) in [4.78, 5) is 0.312. The highest BCUT2D eigenvalue weighted by Crippen LogP contribution is 2.36. The Balaban J connectivity index is 2.02. The number of nitrogens with zero attached hydrogens (tertiary/aromatic N) is 1. The second-order valence-electron chi connectivity index (χ2n) is 6.78. The molecule has 3 nitrogen and oxygen atoms in total. The number of allylic oxidation sites excluding steroid dienone is 1. The third kappa shape index (κ3) is 3.87. The number of aryl methyl sites for hydroxylation is 1. The molecule has 1 heterocycles. The zero-order chi connectivity index (χ0) is 18.9. The Kier molecular flexibility index (Phi) is 5.26. The molecule has 3 rings (SSSR count). The summed E-state index contributed by atoms with van der Waals surface area (Å²) in [6.45, 7) is 8.34. The first-order valence-corrected chi connectivity index (χ1v) is 10.3. The van der Waals surface area contributed by atoms with E-state index in [1.807, 2.05) is 44.2 Å². The van der Waals surface area contributed by atoms with E-state index in [0.29, 0.717) is 22.9 Å². The number of hydrogen-bond donors (Lipinski definition) is 0. The maximum absolute atomic E-state index is 13.2. The first-order chi connectivity index (χ1) is 12.3. The van der Waals surface area contributed by atoms with Crippen molar-refractivity contribution >= 4 is 27.7 Å². The van der Waals surface area contributed by atoms with E-state index in [4.69, 9.17) is 11.6 Å². The number of sulfonamides is 1. The fourth-order valence-corrected chi connectivity index (χ4v) is 4.71. The lowest BCUT2D eigenvalue weighted by Crippen LogP contribution is -2.28. The number of hydrogen-bond acceptors (Lipinski definition) is 2. The van der Waals surface area contributed by atoms with Crippen LogP contribution in [-0.2, 0) is 10.0 Å². The van der Waals surface area contributed by atoms with Crippen LogP contribution in [0.2, 0.25) is 5.02 Å². The molecule has 0 amide bonds. The van der Waals surface area contributed by atoms with Crippen LogP contribution in [0.3, 0.4) is 0 Å². The molecular weight excluding hydrogens is 366 g/mol. The molecular formula is C21H22ClNO2S. The molecule has 0 N–H and O–H groups in total. The standard InChI is InChI=1S/C21H22ClNO2S/c1-15(2)18-13-20(12-17-6-8-19(22)9-7-17)23(14-18)26(24,25)21-10-4-16(3)5-11-21/h4-12,18H,1,13-14H2,2-3H3/b20-12+. The summed E-state index contributed by atoms with van der Waals surface area (Å²) in [6.07, 6.45) is 2.58. The van der Waals surface area contributed by atoms with Crippen LogP contribution >= 0.6 is 11.6 Å². The SMILES string of the molecule is C=C(C)C1C/C(=C\c2ccc(Cl)cc2)N(S(=O)(=O)c2ccc(C)cc2)C1. The molecule has 1 aliphatic rings. The van der Waals surface area contributed by atoms with Crippen LogP contribution in [0.1, 0.15) is 24.5 Å². The lowest BCUT2D eigenvalue weighted by atomic mass is 10.00. The molecule has 1 unspecified atom stereocenters. The number of rotatable bonds is 4. The van der Waals surface area contributed by atoms with Crippen LogP contribution in [0.15, 0.2) is 71.3 Å². The van der Waals surface area contributed by atoms with E-state index < -0.39 is 10.0 Å². The second kappa shape index (κ2) is 7.29. The molecule has 1 saturated heterocycles. The van der Waals surface area contributed by atoms with Gasteiger partial charge in [0, 0.05) is 23.2 Å². The molecule has 1 aliphatic heterocycles. The quantitative estimate of drug-likeness (QED) is 0.669. The van der Waals surface area contributed by atoms with Crippen LogP contribution < -0.4 is 0 Å². The lowest BCUT2D eigenvalue weighted by molar-refractivity contribution is 0.496. The van der Waals surface area contributed by atoms with Gasteiger partial charge in [-0.1, -0.05) is 53.6 Å². The molecule has 26 heavy (non-hydrogen) atoms. The van der Waals surface area contributed by atoms with Gasteiger partial charge in [-0.15, -0.1) is 0 Å². The molecule has 2 aromatic rings. The second-order valence-corrected chi connectivity index (χ2v) is 9.08. The first-order valence-electron chi connectivity index (χ1n) is 8.48. The minimum atomic E-state index is -3.60. The number of benzene rings is 2. The number of halogens is 1. The first kappa shape index (κ1) is 18.7. The maximum Gasteiger partial charge on any atom is 0.264 e. The Morgan fingerprint density at radius 1 is 1.15 bits per heavy atom. The average Bonchev–Trinajstić information content (AvgIpc) is 3.02. The van der Waals surface area contributed by atoms with E-state index in [-0.39, 0.29) is 5.92 Å². The van der Waals surface area contributed by atoms with Crippen molar-refractivity contribution in [1.82, 2.24) is 4.31 Å². The molecule has 0 spiro atoms. The monoisotopic (exact) mass is 387 g/mol. The van der Waals surface area contributed by atoms with Gasteiger partial charge >= 0.3 is 0 Å². The van der Waals surface area contributed by atoms with E-state index in [1.54, 1.807) is 24.3 Å². The van der Waals surface area contributed by atoms with E-state index in [9.17, 15) is 8.42 Å². The Hall–Kier alpha value is -2.04. The normalized spacial score (nSPS) is 19.1. The fraction of sp³-hybridized carbons (Fsp3) is 0.238. The van der Waals surface area contributed by atoms with E-state index in [1.165, 1.54) is 4.31 Å². The van der Waals surface area contributed by atoms with E-state index >= 15 is 0 Å². The average molecular weight is 388 g/mol. The van der Waals surface area contributed by atoms with Crippen LogP contribution in [0.5, 0.6) is 0 Å². The zero-order valence-corrected chi connectivity index (χ0v) is 16.5. The van der Waals surface area contributed by atoms with Gasteiger partial charge < -0.3 is 0 Å². The Bertz CT molecular complexity index is 945. The smallest absolute Gasteiger partial charge is 0.264 e. The topological polar surface area (TPSA) is 37.4 Å². The van der Waals surface area contributed by atoms with Crippen molar-refractivity contribution in [3.8, 4) is 0 Å². The highest BCUT2D eigenvalue weighted by molar-refractivity contribution is 7.89. The summed E-state index contributed by atoms with van der Waals surface area (Å²) < 4.78 is 27.9. The third-order valence-corrected chi connectivity index (χ3v) is 6.75. The summed E-state index contributed by atoms with van der Waals surface area (Å²) in [5.41, 5.74) is 3.73. The van der Waals surface area contributed by atoms with Gasteiger partial charge in [-0.25, -0.2) is 8.42 Å². The van der Waals surface area contributed by atoms with Gasteiger partial charge in [0.2, 0.25) is 0 Å². The summed E-state index contributed by atoms with van der Waals surface area (Å²) >= 11 is 5.95. The zero-order valence-electron chi connectivity index (χ0n) is 14.9. The van der Waals surface area contributed by atoms with Gasteiger partial charge in [0.25, 0.3) is 10.0 Å². The summed E-state index contributed by atoms with van der Waals surface area (Å²) in [5, 5.41) is 0.655. The van der Waals surface area contributed by atoms with Crippen molar-refractivity contribution in [3.05, 3.63) is 82.5 Å². The van der Waals surface area contributed by atoms with Crippen LogP contribution in [0, 0.1) is 12.8 Å². The lowest BCUT2D eigenvalue weighted by Gasteiger charge is -2.21. The Labute approximate surface area is 160 Å². The predicted molar refractivity (Wildman–Crippen MR) is 107 cm³/mol.